The molecule has 1 aliphatic carbocycles. The Hall–Kier alpha value is -1.38. The van der Waals surface area contributed by atoms with Crippen LogP contribution < -0.4 is 0 Å². The van der Waals surface area contributed by atoms with Crippen LogP contribution in [0.25, 0.3) is 0 Å². The molecule has 0 saturated heterocycles. The minimum Gasteiger partial charge on any atom is -0.469 e. The third kappa shape index (κ3) is 1.62. The largest absolute Gasteiger partial charge is 0.469 e. The molecule has 1 aromatic heterocycles. The van der Waals surface area contributed by atoms with Crippen LogP contribution >= 0.6 is 0 Å². The number of hydrogen-bond donors (Lipinski definition) is 0. The SMILES string of the molecule is COC(=O)C1CC(c2cccnc2)C1. The molecular weight excluding hydrogens is 178 g/mol. The number of rotatable bonds is 2. The second-order valence-corrected chi connectivity index (χ2v) is 3.67. The van der Waals surface area contributed by atoms with E-state index in [1.165, 1.54) is 12.7 Å². The van der Waals surface area contributed by atoms with Crippen molar-refractivity contribution >= 4 is 5.97 Å². The van der Waals surface area contributed by atoms with Gasteiger partial charge in [-0.05, 0) is 30.4 Å². The number of methoxy groups -OCH3 is 1. The minimum absolute atomic E-state index is 0.0786. The molecule has 3 heteroatoms. The fourth-order valence-corrected chi connectivity index (χ4v) is 1.87. The van der Waals surface area contributed by atoms with E-state index >= 15 is 0 Å². The summed E-state index contributed by atoms with van der Waals surface area (Å²) in [7, 11) is 1.44. The minimum atomic E-state index is -0.0786. The number of aromatic nitrogens is 1. The summed E-state index contributed by atoms with van der Waals surface area (Å²) in [6.45, 7) is 0. The van der Waals surface area contributed by atoms with Crippen LogP contribution in [-0.4, -0.2) is 18.1 Å². The summed E-state index contributed by atoms with van der Waals surface area (Å²) in [6, 6.07) is 3.99. The summed E-state index contributed by atoms with van der Waals surface area (Å²) in [5.41, 5.74) is 1.23. The molecule has 1 aromatic rings. The fourth-order valence-electron chi connectivity index (χ4n) is 1.87. The average Bonchev–Trinajstić information content (AvgIpc) is 2.17. The van der Waals surface area contributed by atoms with E-state index in [0.717, 1.165) is 12.8 Å². The Morgan fingerprint density at radius 1 is 1.57 bits per heavy atom. The highest BCUT2D eigenvalue weighted by Gasteiger charge is 2.35. The summed E-state index contributed by atoms with van der Waals surface area (Å²) in [6.07, 6.45) is 5.44. The first-order valence-corrected chi connectivity index (χ1v) is 4.79. The molecule has 0 spiro atoms. The molecule has 3 nitrogen and oxygen atoms in total. The van der Waals surface area contributed by atoms with Crippen molar-refractivity contribution in [3.8, 4) is 0 Å². The van der Waals surface area contributed by atoms with E-state index in [-0.39, 0.29) is 11.9 Å². The molecule has 1 fully saturated rings. The van der Waals surface area contributed by atoms with Gasteiger partial charge >= 0.3 is 5.97 Å². The number of nitrogens with zero attached hydrogens (tertiary/aromatic N) is 1. The average molecular weight is 191 g/mol. The quantitative estimate of drug-likeness (QED) is 0.668. The predicted molar refractivity (Wildman–Crippen MR) is 51.7 cm³/mol. The highest BCUT2D eigenvalue weighted by Crippen LogP contribution is 2.41. The smallest absolute Gasteiger partial charge is 0.308 e. The van der Waals surface area contributed by atoms with Gasteiger partial charge in [0.2, 0.25) is 0 Å². The molecule has 0 unspecified atom stereocenters. The lowest BCUT2D eigenvalue weighted by Crippen LogP contribution is -2.29. The zero-order valence-corrected chi connectivity index (χ0v) is 8.14. The van der Waals surface area contributed by atoms with Gasteiger partial charge in [-0.2, -0.15) is 0 Å². The van der Waals surface area contributed by atoms with Crippen molar-refractivity contribution in [3.05, 3.63) is 30.1 Å². The first kappa shape index (κ1) is 9.19. The van der Waals surface area contributed by atoms with Crippen LogP contribution in [0.3, 0.4) is 0 Å². The van der Waals surface area contributed by atoms with E-state index in [2.05, 4.69) is 15.8 Å². The zero-order valence-electron chi connectivity index (χ0n) is 8.14. The molecule has 0 atom stereocenters. The lowest BCUT2D eigenvalue weighted by atomic mass is 9.72. The van der Waals surface area contributed by atoms with Crippen LogP contribution in [0, 0.1) is 5.92 Å². The Morgan fingerprint density at radius 2 is 2.36 bits per heavy atom. The molecule has 0 N–H and O–H groups in total. The Bertz CT molecular complexity index is 317. The van der Waals surface area contributed by atoms with Crippen LogP contribution in [0.5, 0.6) is 0 Å². The van der Waals surface area contributed by atoms with E-state index in [4.69, 9.17) is 0 Å². The van der Waals surface area contributed by atoms with Gasteiger partial charge in [-0.1, -0.05) is 6.07 Å². The highest BCUT2D eigenvalue weighted by molar-refractivity contribution is 5.73. The fraction of sp³-hybridized carbons (Fsp3) is 0.455. The Labute approximate surface area is 83.1 Å². The third-order valence-corrected chi connectivity index (χ3v) is 2.83. The normalized spacial score (nSPS) is 25.2. The maximum atomic E-state index is 11.1. The maximum absolute atomic E-state index is 11.1. The van der Waals surface area contributed by atoms with Crippen molar-refractivity contribution in [3.63, 3.8) is 0 Å². The van der Waals surface area contributed by atoms with E-state index in [1.807, 2.05) is 12.3 Å². The first-order valence-electron chi connectivity index (χ1n) is 4.79. The van der Waals surface area contributed by atoms with Crippen molar-refractivity contribution in [2.24, 2.45) is 5.92 Å². The molecule has 2 rings (SSSR count). The van der Waals surface area contributed by atoms with Gasteiger partial charge in [-0.25, -0.2) is 0 Å². The van der Waals surface area contributed by atoms with Crippen LogP contribution in [0.4, 0.5) is 0 Å². The molecule has 1 heterocycles. The summed E-state index contributed by atoms with van der Waals surface area (Å²) >= 11 is 0. The molecule has 0 aromatic carbocycles. The number of ether oxygens (including phenoxy) is 1. The molecule has 0 aliphatic heterocycles. The summed E-state index contributed by atoms with van der Waals surface area (Å²) < 4.78 is 4.68. The standard InChI is InChI=1S/C11H13NO2/c1-14-11(13)10-5-9(6-10)8-3-2-4-12-7-8/h2-4,7,9-10H,5-6H2,1H3. The maximum Gasteiger partial charge on any atom is 0.308 e. The van der Waals surface area contributed by atoms with Gasteiger partial charge in [0.1, 0.15) is 0 Å². The molecule has 0 bridgehead atoms. The van der Waals surface area contributed by atoms with Crippen molar-refractivity contribution in [1.82, 2.24) is 4.98 Å². The molecule has 74 valence electrons. The van der Waals surface area contributed by atoms with Gasteiger partial charge in [-0.3, -0.25) is 9.78 Å². The molecule has 1 aliphatic rings. The van der Waals surface area contributed by atoms with E-state index in [9.17, 15) is 4.79 Å². The summed E-state index contributed by atoms with van der Waals surface area (Å²) in [5, 5.41) is 0. The highest BCUT2D eigenvalue weighted by atomic mass is 16.5. The third-order valence-electron chi connectivity index (χ3n) is 2.83. The summed E-state index contributed by atoms with van der Waals surface area (Å²) in [5.74, 6) is 0.517. The molecule has 0 radical (unpaired) electrons. The van der Waals surface area contributed by atoms with Gasteiger partial charge in [-0.15, -0.1) is 0 Å². The zero-order chi connectivity index (χ0) is 9.97. The van der Waals surface area contributed by atoms with Crippen LogP contribution in [0.15, 0.2) is 24.5 Å². The number of carbonyl (C=O) groups is 1. The molecular formula is C11H13NO2. The van der Waals surface area contributed by atoms with Crippen LogP contribution in [-0.2, 0) is 9.53 Å². The van der Waals surface area contributed by atoms with Gasteiger partial charge in [0.15, 0.2) is 0 Å². The van der Waals surface area contributed by atoms with Gasteiger partial charge < -0.3 is 4.74 Å². The summed E-state index contributed by atoms with van der Waals surface area (Å²) in [4.78, 5) is 15.2. The number of carbonyl (C=O) groups excluding carboxylic acids is 1. The van der Waals surface area contributed by atoms with E-state index in [0.29, 0.717) is 5.92 Å². The van der Waals surface area contributed by atoms with E-state index < -0.39 is 0 Å². The monoisotopic (exact) mass is 191 g/mol. The predicted octanol–water partition coefficient (Wildman–Crippen LogP) is 1.75. The molecule has 14 heavy (non-hydrogen) atoms. The van der Waals surface area contributed by atoms with E-state index in [1.54, 1.807) is 6.20 Å². The van der Waals surface area contributed by atoms with Gasteiger partial charge in [0.25, 0.3) is 0 Å². The number of hydrogen-bond acceptors (Lipinski definition) is 3. The topological polar surface area (TPSA) is 39.2 Å². The van der Waals surface area contributed by atoms with Crippen molar-refractivity contribution in [2.45, 2.75) is 18.8 Å². The second-order valence-electron chi connectivity index (χ2n) is 3.67. The lowest BCUT2D eigenvalue weighted by Gasteiger charge is -2.33. The molecule has 1 saturated carbocycles. The first-order chi connectivity index (χ1) is 6.81. The van der Waals surface area contributed by atoms with Gasteiger partial charge in [0.05, 0.1) is 13.0 Å². The van der Waals surface area contributed by atoms with Crippen molar-refractivity contribution in [2.75, 3.05) is 7.11 Å². The van der Waals surface area contributed by atoms with Gasteiger partial charge in [0, 0.05) is 12.4 Å². The molecule has 0 amide bonds. The number of pyridine rings is 1. The second kappa shape index (κ2) is 3.78. The van der Waals surface area contributed by atoms with Crippen LogP contribution in [0.1, 0.15) is 24.3 Å². The Balaban J connectivity index is 1.92. The van der Waals surface area contributed by atoms with Crippen molar-refractivity contribution < 1.29 is 9.53 Å². The number of esters is 1. The van der Waals surface area contributed by atoms with Crippen LogP contribution in [0.2, 0.25) is 0 Å². The lowest BCUT2D eigenvalue weighted by molar-refractivity contribution is -0.148. The van der Waals surface area contributed by atoms with Crippen molar-refractivity contribution in [1.29, 1.82) is 0 Å². The Kier molecular flexibility index (Phi) is 2.48. The Morgan fingerprint density at radius 3 is 2.93 bits per heavy atom.